The van der Waals surface area contributed by atoms with Crippen LogP contribution in [-0.4, -0.2) is 26.9 Å². The van der Waals surface area contributed by atoms with Gasteiger partial charge in [0.15, 0.2) is 0 Å². The highest BCUT2D eigenvalue weighted by Crippen LogP contribution is 2.10. The molecule has 0 spiro atoms. The fourth-order valence-electron chi connectivity index (χ4n) is 2.52. The maximum atomic E-state index is 11.3. The van der Waals surface area contributed by atoms with Crippen molar-refractivity contribution in [3.8, 4) is 0 Å². The van der Waals surface area contributed by atoms with Crippen LogP contribution in [0.15, 0.2) is 24.4 Å². The van der Waals surface area contributed by atoms with E-state index >= 15 is 0 Å². The first-order chi connectivity index (χ1) is 11.7. The lowest BCUT2D eigenvalue weighted by Gasteiger charge is -2.07. The SMILES string of the molecule is C=C[Si]OC(=O)CCCCCCC/C=C\CC(O)CCCCCC. The van der Waals surface area contributed by atoms with E-state index in [9.17, 15) is 9.90 Å². The van der Waals surface area contributed by atoms with Crippen molar-refractivity contribution >= 4 is 15.7 Å². The molecule has 0 heterocycles. The second kappa shape index (κ2) is 18.5. The Bertz CT molecular complexity index is 329. The van der Waals surface area contributed by atoms with Crippen molar-refractivity contribution in [2.24, 2.45) is 0 Å². The van der Waals surface area contributed by atoms with Crippen molar-refractivity contribution in [2.45, 2.75) is 96.5 Å². The summed E-state index contributed by atoms with van der Waals surface area (Å²) in [5, 5.41) is 9.85. The number of carbonyl (C=O) groups is 1. The zero-order chi connectivity index (χ0) is 17.9. The summed E-state index contributed by atoms with van der Waals surface area (Å²) in [6.45, 7) is 5.74. The molecule has 0 aromatic carbocycles. The second-order valence-electron chi connectivity index (χ2n) is 6.31. The number of aliphatic hydroxyl groups is 1. The Morgan fingerprint density at radius 1 is 1.08 bits per heavy atom. The Kier molecular flexibility index (Phi) is 17.8. The third-order valence-corrected chi connectivity index (χ3v) is 4.49. The molecule has 0 aliphatic heterocycles. The molecule has 0 aliphatic rings. The first-order valence-electron chi connectivity index (χ1n) is 9.59. The smallest absolute Gasteiger partial charge is 0.346 e. The second-order valence-corrected chi connectivity index (χ2v) is 7.16. The number of carbonyl (C=O) groups excluding carboxylic acids is 1. The molecule has 4 heteroatoms. The fourth-order valence-corrected chi connectivity index (χ4v) is 2.83. The van der Waals surface area contributed by atoms with E-state index in [1.165, 1.54) is 38.5 Å². The van der Waals surface area contributed by atoms with Gasteiger partial charge < -0.3 is 9.53 Å². The molecule has 138 valence electrons. The summed E-state index contributed by atoms with van der Waals surface area (Å²) in [4.78, 5) is 11.3. The van der Waals surface area contributed by atoms with E-state index < -0.39 is 0 Å². The molecule has 0 amide bonds. The van der Waals surface area contributed by atoms with Gasteiger partial charge in [-0.1, -0.05) is 69.7 Å². The monoisotopic (exact) mass is 352 g/mol. The van der Waals surface area contributed by atoms with E-state index in [-0.39, 0.29) is 21.8 Å². The standard InChI is InChI=1S/C20H36O3Si/c1-3-5-6-13-16-19(21)17-14-11-9-7-8-10-12-15-18-20(22)23-24-4-2/h4,11,14,19,21H,2-3,5-10,12-13,15-18H2,1H3/b14-11-. The molecule has 1 N–H and O–H groups in total. The summed E-state index contributed by atoms with van der Waals surface area (Å²) in [6.07, 6.45) is 18.0. The van der Waals surface area contributed by atoms with E-state index in [1.807, 2.05) is 0 Å². The highest BCUT2D eigenvalue weighted by Gasteiger charge is 2.02. The third kappa shape index (κ3) is 17.5. The van der Waals surface area contributed by atoms with Crippen LogP contribution in [0.4, 0.5) is 0 Å². The van der Waals surface area contributed by atoms with Crippen LogP contribution in [0.25, 0.3) is 0 Å². The highest BCUT2D eigenvalue weighted by atomic mass is 28.2. The van der Waals surface area contributed by atoms with E-state index in [1.54, 1.807) is 5.70 Å². The Balaban J connectivity index is 3.31. The zero-order valence-corrected chi connectivity index (χ0v) is 16.5. The number of unbranched alkanes of at least 4 members (excludes halogenated alkanes) is 8. The first-order valence-corrected chi connectivity index (χ1v) is 10.6. The Morgan fingerprint density at radius 3 is 2.54 bits per heavy atom. The molecule has 0 saturated heterocycles. The quantitative estimate of drug-likeness (QED) is 0.219. The van der Waals surface area contributed by atoms with Gasteiger partial charge in [-0.05, 0) is 32.1 Å². The van der Waals surface area contributed by atoms with Crippen LogP contribution >= 0.6 is 0 Å². The maximum Gasteiger partial charge on any atom is 0.346 e. The number of aliphatic hydroxyl groups excluding tert-OH is 1. The zero-order valence-electron chi connectivity index (χ0n) is 15.5. The average molecular weight is 353 g/mol. The van der Waals surface area contributed by atoms with Gasteiger partial charge in [-0.2, -0.15) is 0 Å². The van der Waals surface area contributed by atoms with Crippen molar-refractivity contribution in [2.75, 3.05) is 0 Å². The molecule has 0 bridgehead atoms. The van der Waals surface area contributed by atoms with Gasteiger partial charge in [0.1, 0.15) is 0 Å². The maximum absolute atomic E-state index is 11.3. The van der Waals surface area contributed by atoms with Crippen LogP contribution < -0.4 is 0 Å². The van der Waals surface area contributed by atoms with Crippen LogP contribution in [0.1, 0.15) is 90.4 Å². The third-order valence-electron chi connectivity index (χ3n) is 3.97. The number of rotatable bonds is 17. The molecule has 1 unspecified atom stereocenters. The van der Waals surface area contributed by atoms with E-state index in [2.05, 4.69) is 25.7 Å². The normalized spacial score (nSPS) is 12.4. The highest BCUT2D eigenvalue weighted by molar-refractivity contribution is 6.36. The van der Waals surface area contributed by atoms with E-state index in [0.29, 0.717) is 6.42 Å². The minimum Gasteiger partial charge on any atom is -0.512 e. The Labute approximate surface area is 151 Å². The topological polar surface area (TPSA) is 46.5 Å². The summed E-state index contributed by atoms with van der Waals surface area (Å²) >= 11 is 0. The summed E-state index contributed by atoms with van der Waals surface area (Å²) in [5.74, 6) is -0.107. The summed E-state index contributed by atoms with van der Waals surface area (Å²) in [5.41, 5.74) is 1.62. The molecule has 24 heavy (non-hydrogen) atoms. The van der Waals surface area contributed by atoms with Crippen LogP contribution in [-0.2, 0) is 9.22 Å². The first kappa shape index (κ1) is 23.1. The lowest BCUT2D eigenvalue weighted by molar-refractivity contribution is -0.134. The number of hydrogen-bond acceptors (Lipinski definition) is 3. The minimum atomic E-state index is -0.167. The molecular weight excluding hydrogens is 316 g/mol. The van der Waals surface area contributed by atoms with E-state index in [0.717, 1.165) is 38.5 Å². The molecule has 0 aliphatic carbocycles. The van der Waals surface area contributed by atoms with Crippen molar-refractivity contribution < 1.29 is 14.3 Å². The molecular formula is C20H36O3Si. The lowest BCUT2D eigenvalue weighted by atomic mass is 10.1. The summed E-state index contributed by atoms with van der Waals surface area (Å²) in [6, 6.07) is 0. The van der Waals surface area contributed by atoms with Gasteiger partial charge in [0, 0.05) is 6.42 Å². The predicted octanol–water partition coefficient (Wildman–Crippen LogP) is 5.30. The van der Waals surface area contributed by atoms with Crippen molar-refractivity contribution in [3.63, 3.8) is 0 Å². The molecule has 0 rings (SSSR count). The molecule has 3 nitrogen and oxygen atoms in total. The fraction of sp³-hybridized carbons (Fsp3) is 0.750. The van der Waals surface area contributed by atoms with Crippen LogP contribution in [0.2, 0.25) is 0 Å². The minimum absolute atomic E-state index is 0.0931. The molecule has 0 fully saturated rings. The summed E-state index contributed by atoms with van der Waals surface area (Å²) < 4.78 is 4.96. The van der Waals surface area contributed by atoms with Gasteiger partial charge in [0.2, 0.25) is 0 Å². The van der Waals surface area contributed by atoms with Crippen LogP contribution in [0, 0.1) is 0 Å². The van der Waals surface area contributed by atoms with Gasteiger partial charge in [-0.3, -0.25) is 4.79 Å². The Morgan fingerprint density at radius 2 is 1.79 bits per heavy atom. The largest absolute Gasteiger partial charge is 0.512 e. The van der Waals surface area contributed by atoms with Crippen molar-refractivity contribution in [1.82, 2.24) is 0 Å². The van der Waals surface area contributed by atoms with Crippen LogP contribution in [0.3, 0.4) is 0 Å². The predicted molar refractivity (Wildman–Crippen MR) is 103 cm³/mol. The van der Waals surface area contributed by atoms with Crippen molar-refractivity contribution in [1.29, 1.82) is 0 Å². The lowest BCUT2D eigenvalue weighted by Crippen LogP contribution is -2.06. The van der Waals surface area contributed by atoms with E-state index in [4.69, 9.17) is 4.43 Å². The van der Waals surface area contributed by atoms with Gasteiger partial charge in [0.05, 0.1) is 6.10 Å². The van der Waals surface area contributed by atoms with Crippen LogP contribution in [0.5, 0.6) is 0 Å². The van der Waals surface area contributed by atoms with Gasteiger partial charge >= 0.3 is 9.76 Å². The number of allylic oxidation sites excluding steroid dienone is 1. The molecule has 0 aromatic rings. The number of hydrogen-bond donors (Lipinski definition) is 1. The van der Waals surface area contributed by atoms with Gasteiger partial charge in [0.25, 0.3) is 5.97 Å². The summed E-state index contributed by atoms with van der Waals surface area (Å²) in [7, 11) is 0.0931. The van der Waals surface area contributed by atoms with Crippen molar-refractivity contribution in [3.05, 3.63) is 24.4 Å². The Hall–Kier alpha value is -0.873. The van der Waals surface area contributed by atoms with Gasteiger partial charge in [-0.25, -0.2) is 0 Å². The molecule has 0 aromatic heterocycles. The molecule has 2 radical (unpaired) electrons. The molecule has 0 saturated carbocycles. The van der Waals surface area contributed by atoms with Gasteiger partial charge in [-0.15, -0.1) is 6.58 Å². The average Bonchev–Trinajstić information content (AvgIpc) is 2.58. The molecule has 1 atom stereocenters.